The number of benzene rings is 1. The zero-order valence-electron chi connectivity index (χ0n) is 10.2. The van der Waals surface area contributed by atoms with Crippen molar-refractivity contribution in [2.45, 2.75) is 6.18 Å². The topological polar surface area (TPSA) is 46.9 Å². The largest absolute Gasteiger partial charge is 0.418 e. The molecule has 1 N–H and O–H groups in total. The fourth-order valence-electron chi connectivity index (χ4n) is 1.62. The highest BCUT2D eigenvalue weighted by Gasteiger charge is 2.34. The fraction of sp³-hybridized carbons (Fsp3) is 0.167. The number of amides is 1. The quantitative estimate of drug-likeness (QED) is 0.925. The van der Waals surface area contributed by atoms with E-state index in [4.69, 9.17) is 11.6 Å². The number of aryl methyl sites for hydroxylation is 1. The molecule has 2 rings (SSSR count). The van der Waals surface area contributed by atoms with Crippen LogP contribution in [0.2, 0.25) is 5.02 Å². The first kappa shape index (κ1) is 14.4. The maximum absolute atomic E-state index is 12.9. The summed E-state index contributed by atoms with van der Waals surface area (Å²) in [6.07, 6.45) is -1.97. The van der Waals surface area contributed by atoms with Crippen LogP contribution in [0.1, 0.15) is 16.1 Å². The van der Waals surface area contributed by atoms with E-state index in [0.717, 1.165) is 12.1 Å². The van der Waals surface area contributed by atoms with Crippen LogP contribution in [0.15, 0.2) is 30.7 Å². The van der Waals surface area contributed by atoms with Gasteiger partial charge in [0.1, 0.15) is 5.69 Å². The second-order valence-corrected chi connectivity index (χ2v) is 4.47. The third-order valence-electron chi connectivity index (χ3n) is 2.58. The van der Waals surface area contributed by atoms with E-state index in [1.54, 1.807) is 7.05 Å². The Morgan fingerprint density at radius 2 is 2.10 bits per heavy atom. The predicted octanol–water partition coefficient (Wildman–Crippen LogP) is 3.34. The summed E-state index contributed by atoms with van der Waals surface area (Å²) in [6, 6.07) is 3.15. The molecule has 0 unspecified atom stereocenters. The summed E-state index contributed by atoms with van der Waals surface area (Å²) < 4.78 is 40.0. The highest BCUT2D eigenvalue weighted by molar-refractivity contribution is 6.30. The Morgan fingerprint density at radius 3 is 2.65 bits per heavy atom. The minimum Gasteiger partial charge on any atom is -0.330 e. The van der Waals surface area contributed by atoms with E-state index in [2.05, 4.69) is 10.3 Å². The molecule has 0 aliphatic heterocycles. The van der Waals surface area contributed by atoms with E-state index in [1.165, 1.54) is 23.2 Å². The van der Waals surface area contributed by atoms with Crippen molar-refractivity contribution >= 4 is 23.2 Å². The van der Waals surface area contributed by atoms with Crippen LogP contribution in [0.5, 0.6) is 0 Å². The van der Waals surface area contributed by atoms with Crippen LogP contribution in [0.25, 0.3) is 0 Å². The molecule has 2 aromatic rings. The van der Waals surface area contributed by atoms with Crippen molar-refractivity contribution in [3.8, 4) is 0 Å². The van der Waals surface area contributed by atoms with E-state index in [-0.39, 0.29) is 16.4 Å². The highest BCUT2D eigenvalue weighted by Crippen LogP contribution is 2.36. The van der Waals surface area contributed by atoms with Gasteiger partial charge in [-0.1, -0.05) is 11.6 Å². The van der Waals surface area contributed by atoms with Crippen molar-refractivity contribution in [2.24, 2.45) is 7.05 Å². The molecule has 0 fully saturated rings. The zero-order chi connectivity index (χ0) is 14.9. The number of aromatic nitrogens is 2. The number of alkyl halides is 3. The van der Waals surface area contributed by atoms with Crippen molar-refractivity contribution in [2.75, 3.05) is 5.32 Å². The number of anilines is 1. The molecular weight excluding hydrogens is 295 g/mol. The molecule has 1 heterocycles. The molecule has 0 saturated heterocycles. The summed E-state index contributed by atoms with van der Waals surface area (Å²) in [5.74, 6) is -0.683. The Labute approximate surface area is 117 Å². The van der Waals surface area contributed by atoms with Crippen LogP contribution in [0.3, 0.4) is 0 Å². The minimum absolute atomic E-state index is 0.0594. The number of halogens is 4. The molecule has 0 atom stereocenters. The Kier molecular flexibility index (Phi) is 3.71. The number of carbonyl (C=O) groups is 1. The van der Waals surface area contributed by atoms with Crippen molar-refractivity contribution in [3.05, 3.63) is 47.0 Å². The van der Waals surface area contributed by atoms with Crippen LogP contribution in [0, 0.1) is 0 Å². The third kappa shape index (κ3) is 2.93. The van der Waals surface area contributed by atoms with Gasteiger partial charge in [-0.3, -0.25) is 4.79 Å². The number of nitrogens with zero attached hydrogens (tertiary/aromatic N) is 2. The Morgan fingerprint density at radius 1 is 1.40 bits per heavy atom. The normalized spacial score (nSPS) is 11.4. The van der Waals surface area contributed by atoms with Gasteiger partial charge in [-0.05, 0) is 18.2 Å². The van der Waals surface area contributed by atoms with Gasteiger partial charge >= 0.3 is 6.18 Å². The number of carbonyl (C=O) groups excluding carboxylic acids is 1. The van der Waals surface area contributed by atoms with Gasteiger partial charge in [-0.25, -0.2) is 4.98 Å². The van der Waals surface area contributed by atoms with Crippen molar-refractivity contribution in [3.63, 3.8) is 0 Å². The lowest BCUT2D eigenvalue weighted by Crippen LogP contribution is -2.18. The van der Waals surface area contributed by atoms with Gasteiger partial charge in [0.25, 0.3) is 5.91 Å². The van der Waals surface area contributed by atoms with Crippen LogP contribution >= 0.6 is 11.6 Å². The monoisotopic (exact) mass is 303 g/mol. The maximum atomic E-state index is 12.9. The molecule has 0 bridgehead atoms. The summed E-state index contributed by atoms with van der Waals surface area (Å²) in [5, 5.41) is 2.15. The highest BCUT2D eigenvalue weighted by atomic mass is 35.5. The molecule has 0 radical (unpaired) electrons. The van der Waals surface area contributed by atoms with E-state index in [9.17, 15) is 18.0 Å². The number of hydrogen-bond acceptors (Lipinski definition) is 2. The number of hydrogen-bond donors (Lipinski definition) is 1. The average Bonchev–Trinajstić information content (AvgIpc) is 2.76. The molecule has 1 aromatic heterocycles. The average molecular weight is 304 g/mol. The minimum atomic E-state index is -4.61. The van der Waals surface area contributed by atoms with E-state index in [0.29, 0.717) is 0 Å². The van der Waals surface area contributed by atoms with Gasteiger partial charge in [-0.15, -0.1) is 0 Å². The molecule has 0 spiro atoms. The second kappa shape index (κ2) is 5.16. The summed E-state index contributed by atoms with van der Waals surface area (Å²) in [6.45, 7) is 0. The summed E-state index contributed by atoms with van der Waals surface area (Å²) in [4.78, 5) is 15.6. The Hall–Kier alpha value is -2.02. The molecule has 1 amide bonds. The molecule has 0 aliphatic carbocycles. The standard InChI is InChI=1S/C12H9ClF3N3O/c1-19-6-17-5-10(19)11(20)18-9-3-2-7(13)4-8(9)12(14,15)16/h2-6H,1H3,(H,18,20). The third-order valence-corrected chi connectivity index (χ3v) is 2.82. The van der Waals surface area contributed by atoms with Gasteiger partial charge < -0.3 is 9.88 Å². The van der Waals surface area contributed by atoms with Gasteiger partial charge in [0.2, 0.25) is 0 Å². The van der Waals surface area contributed by atoms with Gasteiger partial charge in [-0.2, -0.15) is 13.2 Å². The van der Waals surface area contributed by atoms with Gasteiger partial charge in [0.15, 0.2) is 0 Å². The lowest BCUT2D eigenvalue weighted by molar-refractivity contribution is -0.136. The first-order chi connectivity index (χ1) is 9.29. The first-order valence-electron chi connectivity index (χ1n) is 5.43. The lowest BCUT2D eigenvalue weighted by Gasteiger charge is -2.14. The Bertz CT molecular complexity index is 652. The SMILES string of the molecule is Cn1cncc1C(=O)Nc1ccc(Cl)cc1C(F)(F)F. The second-order valence-electron chi connectivity index (χ2n) is 4.03. The maximum Gasteiger partial charge on any atom is 0.418 e. The summed E-state index contributed by atoms with van der Waals surface area (Å²) in [7, 11) is 1.56. The smallest absolute Gasteiger partial charge is 0.330 e. The van der Waals surface area contributed by atoms with E-state index in [1.807, 2.05) is 0 Å². The van der Waals surface area contributed by atoms with Crippen LogP contribution < -0.4 is 5.32 Å². The number of imidazole rings is 1. The Balaban J connectivity index is 2.35. The first-order valence-corrected chi connectivity index (χ1v) is 5.81. The zero-order valence-corrected chi connectivity index (χ0v) is 11.0. The van der Waals surface area contributed by atoms with Crippen LogP contribution in [-0.4, -0.2) is 15.5 Å². The molecule has 8 heteroatoms. The predicted molar refractivity (Wildman–Crippen MR) is 67.6 cm³/mol. The van der Waals surface area contributed by atoms with E-state index < -0.39 is 17.6 Å². The van der Waals surface area contributed by atoms with Gasteiger partial charge in [0, 0.05) is 12.1 Å². The lowest BCUT2D eigenvalue weighted by atomic mass is 10.1. The van der Waals surface area contributed by atoms with Crippen LogP contribution in [-0.2, 0) is 13.2 Å². The summed E-state index contributed by atoms with van der Waals surface area (Å²) >= 11 is 5.56. The summed E-state index contributed by atoms with van der Waals surface area (Å²) in [5.41, 5.74) is -1.21. The molecule has 0 aliphatic rings. The van der Waals surface area contributed by atoms with E-state index >= 15 is 0 Å². The number of nitrogens with one attached hydrogen (secondary N) is 1. The van der Waals surface area contributed by atoms with Gasteiger partial charge in [0.05, 0.1) is 23.8 Å². The molecule has 4 nitrogen and oxygen atoms in total. The van der Waals surface area contributed by atoms with Crippen molar-refractivity contribution in [1.29, 1.82) is 0 Å². The van der Waals surface area contributed by atoms with Crippen molar-refractivity contribution in [1.82, 2.24) is 9.55 Å². The fourth-order valence-corrected chi connectivity index (χ4v) is 1.79. The number of rotatable bonds is 2. The molecule has 20 heavy (non-hydrogen) atoms. The molecule has 106 valence electrons. The molecular formula is C12H9ClF3N3O. The van der Waals surface area contributed by atoms with Crippen molar-refractivity contribution < 1.29 is 18.0 Å². The van der Waals surface area contributed by atoms with Crippen LogP contribution in [0.4, 0.5) is 18.9 Å². The molecule has 1 aromatic carbocycles. The molecule has 0 saturated carbocycles.